The van der Waals surface area contributed by atoms with Gasteiger partial charge in [-0.3, -0.25) is 0 Å². The second kappa shape index (κ2) is 6.30. The Morgan fingerprint density at radius 2 is 1.95 bits per heavy atom. The number of nitrogens with one attached hydrogen (secondary N) is 1. The quantitative estimate of drug-likeness (QED) is 0.909. The molecular formula is C15H17F3N2O. The van der Waals surface area contributed by atoms with Gasteiger partial charge in [0.15, 0.2) is 11.7 Å². The fourth-order valence-electron chi connectivity index (χ4n) is 1.96. The molecule has 0 aliphatic heterocycles. The van der Waals surface area contributed by atoms with Crippen molar-refractivity contribution in [3.05, 3.63) is 41.9 Å². The van der Waals surface area contributed by atoms with Crippen LogP contribution in [0.15, 0.2) is 34.9 Å². The minimum Gasteiger partial charge on any atom is -0.441 e. The Kier molecular flexibility index (Phi) is 4.67. The highest BCUT2D eigenvalue weighted by molar-refractivity contribution is 5.62. The number of hydrogen-bond donors (Lipinski definition) is 1. The maximum absolute atomic E-state index is 13.0. The van der Waals surface area contributed by atoms with Crippen LogP contribution in [-0.4, -0.2) is 17.6 Å². The topological polar surface area (TPSA) is 38.1 Å². The highest BCUT2D eigenvalue weighted by Gasteiger charge is 2.34. The molecule has 0 unspecified atom stereocenters. The van der Waals surface area contributed by atoms with E-state index in [9.17, 15) is 13.2 Å². The predicted molar refractivity (Wildman–Crippen MR) is 73.8 cm³/mol. The van der Waals surface area contributed by atoms with E-state index < -0.39 is 11.7 Å². The summed E-state index contributed by atoms with van der Waals surface area (Å²) in [5.41, 5.74) is -0.700. The lowest BCUT2D eigenvalue weighted by molar-refractivity contribution is -0.137. The maximum atomic E-state index is 13.0. The molecule has 0 saturated carbocycles. The third-order valence-corrected chi connectivity index (χ3v) is 2.94. The monoisotopic (exact) mass is 298 g/mol. The smallest absolute Gasteiger partial charge is 0.417 e. The zero-order valence-corrected chi connectivity index (χ0v) is 11.9. The predicted octanol–water partition coefficient (Wildman–Crippen LogP) is 3.90. The zero-order valence-electron chi connectivity index (χ0n) is 11.9. The molecule has 0 saturated heterocycles. The van der Waals surface area contributed by atoms with Gasteiger partial charge in [0.1, 0.15) is 0 Å². The highest BCUT2D eigenvalue weighted by atomic mass is 19.4. The summed E-state index contributed by atoms with van der Waals surface area (Å²) in [6.45, 7) is 4.69. The number of hydrogen-bond acceptors (Lipinski definition) is 3. The number of oxazole rings is 1. The molecule has 0 atom stereocenters. The van der Waals surface area contributed by atoms with Crippen LogP contribution in [0.2, 0.25) is 0 Å². The molecule has 0 amide bonds. The average Bonchev–Trinajstić information content (AvgIpc) is 2.86. The lowest BCUT2D eigenvalue weighted by Gasteiger charge is -2.10. The second-order valence-corrected chi connectivity index (χ2v) is 5.02. The Morgan fingerprint density at radius 1 is 1.24 bits per heavy atom. The lowest BCUT2D eigenvalue weighted by atomic mass is 10.1. The van der Waals surface area contributed by atoms with Crippen molar-refractivity contribution >= 4 is 0 Å². The maximum Gasteiger partial charge on any atom is 0.417 e. The Balaban J connectivity index is 2.18. The summed E-state index contributed by atoms with van der Waals surface area (Å²) in [5.74, 6) is 0.567. The first-order valence-corrected chi connectivity index (χ1v) is 6.72. The standard InChI is InChI=1S/C15H17F3N2O/c1-10(2)19-8-7-14-20-9-13(21-14)11-5-3-4-6-12(11)15(16,17)18/h3-6,9-10,19H,7-8H2,1-2H3. The van der Waals surface area contributed by atoms with Crippen molar-refractivity contribution in [2.75, 3.05) is 6.54 Å². The summed E-state index contributed by atoms with van der Waals surface area (Å²) in [5, 5.41) is 3.20. The highest BCUT2D eigenvalue weighted by Crippen LogP contribution is 2.37. The van der Waals surface area contributed by atoms with Gasteiger partial charge in [0, 0.05) is 24.6 Å². The Hall–Kier alpha value is -1.82. The molecule has 114 valence electrons. The van der Waals surface area contributed by atoms with Gasteiger partial charge in [-0.25, -0.2) is 4.98 Å². The van der Waals surface area contributed by atoms with Crippen LogP contribution in [0.25, 0.3) is 11.3 Å². The third-order valence-electron chi connectivity index (χ3n) is 2.94. The molecule has 2 aromatic rings. The Labute approximate surface area is 121 Å². The molecule has 0 spiro atoms. The van der Waals surface area contributed by atoms with Gasteiger partial charge in [0.25, 0.3) is 0 Å². The molecule has 0 aliphatic rings. The molecule has 21 heavy (non-hydrogen) atoms. The van der Waals surface area contributed by atoms with Crippen LogP contribution < -0.4 is 5.32 Å². The van der Waals surface area contributed by atoms with E-state index in [-0.39, 0.29) is 11.3 Å². The van der Waals surface area contributed by atoms with Crippen molar-refractivity contribution in [3.63, 3.8) is 0 Å². The van der Waals surface area contributed by atoms with Gasteiger partial charge in [-0.1, -0.05) is 32.0 Å². The first-order chi connectivity index (χ1) is 9.88. The van der Waals surface area contributed by atoms with Gasteiger partial charge < -0.3 is 9.73 Å². The van der Waals surface area contributed by atoms with Crippen molar-refractivity contribution in [2.45, 2.75) is 32.5 Å². The van der Waals surface area contributed by atoms with Crippen molar-refractivity contribution < 1.29 is 17.6 Å². The molecule has 0 bridgehead atoms. The van der Waals surface area contributed by atoms with E-state index in [0.717, 1.165) is 6.07 Å². The molecule has 0 aliphatic carbocycles. The largest absolute Gasteiger partial charge is 0.441 e. The number of nitrogens with zero attached hydrogens (tertiary/aromatic N) is 1. The lowest BCUT2D eigenvalue weighted by Crippen LogP contribution is -2.24. The summed E-state index contributed by atoms with van der Waals surface area (Å²) < 4.78 is 44.3. The zero-order chi connectivity index (χ0) is 15.5. The van der Waals surface area contributed by atoms with E-state index in [1.54, 1.807) is 6.07 Å². The number of aromatic nitrogens is 1. The molecule has 6 heteroatoms. The van der Waals surface area contributed by atoms with Crippen molar-refractivity contribution in [2.24, 2.45) is 0 Å². The van der Waals surface area contributed by atoms with E-state index in [1.165, 1.54) is 18.3 Å². The van der Waals surface area contributed by atoms with Crippen LogP contribution in [0.3, 0.4) is 0 Å². The van der Waals surface area contributed by atoms with Gasteiger partial charge >= 0.3 is 6.18 Å². The number of alkyl halides is 3. The molecule has 3 nitrogen and oxygen atoms in total. The molecule has 1 heterocycles. The molecule has 1 aromatic heterocycles. The van der Waals surface area contributed by atoms with E-state index in [4.69, 9.17) is 4.42 Å². The van der Waals surface area contributed by atoms with E-state index >= 15 is 0 Å². The molecule has 1 N–H and O–H groups in total. The molecular weight excluding hydrogens is 281 g/mol. The summed E-state index contributed by atoms with van der Waals surface area (Å²) >= 11 is 0. The van der Waals surface area contributed by atoms with Gasteiger partial charge in [-0.2, -0.15) is 13.2 Å². The fraction of sp³-hybridized carbons (Fsp3) is 0.400. The first kappa shape index (κ1) is 15.6. The van der Waals surface area contributed by atoms with Gasteiger partial charge in [0.05, 0.1) is 11.8 Å². The number of rotatable bonds is 5. The third kappa shape index (κ3) is 4.07. The number of halogens is 3. The average molecular weight is 298 g/mol. The molecule has 0 fully saturated rings. The van der Waals surface area contributed by atoms with Gasteiger partial charge in [-0.05, 0) is 6.07 Å². The van der Waals surface area contributed by atoms with E-state index in [1.807, 2.05) is 13.8 Å². The van der Waals surface area contributed by atoms with Crippen molar-refractivity contribution in [1.29, 1.82) is 0 Å². The molecule has 0 radical (unpaired) electrons. The Morgan fingerprint density at radius 3 is 2.62 bits per heavy atom. The normalized spacial score (nSPS) is 12.1. The number of benzene rings is 1. The Bertz CT molecular complexity index is 591. The minimum atomic E-state index is -4.41. The van der Waals surface area contributed by atoms with Crippen LogP contribution in [0.4, 0.5) is 13.2 Å². The minimum absolute atomic E-state index is 0.0144. The summed E-state index contributed by atoms with van der Waals surface area (Å²) in [6.07, 6.45) is -2.54. The first-order valence-electron chi connectivity index (χ1n) is 6.72. The van der Waals surface area contributed by atoms with Crippen molar-refractivity contribution in [1.82, 2.24) is 10.3 Å². The van der Waals surface area contributed by atoms with Crippen LogP contribution in [0, 0.1) is 0 Å². The molecule has 1 aromatic carbocycles. The second-order valence-electron chi connectivity index (χ2n) is 5.02. The molecule has 2 rings (SSSR count). The summed E-state index contributed by atoms with van der Waals surface area (Å²) in [7, 11) is 0. The van der Waals surface area contributed by atoms with Crippen LogP contribution in [0.1, 0.15) is 25.3 Å². The van der Waals surface area contributed by atoms with Crippen molar-refractivity contribution in [3.8, 4) is 11.3 Å². The van der Waals surface area contributed by atoms with Crippen LogP contribution >= 0.6 is 0 Å². The van der Waals surface area contributed by atoms with Gasteiger partial charge in [-0.15, -0.1) is 0 Å². The van der Waals surface area contributed by atoms with E-state index in [2.05, 4.69) is 10.3 Å². The van der Waals surface area contributed by atoms with Crippen LogP contribution in [-0.2, 0) is 12.6 Å². The SMILES string of the molecule is CC(C)NCCc1ncc(-c2ccccc2C(F)(F)F)o1. The van der Waals surface area contributed by atoms with Gasteiger partial charge in [0.2, 0.25) is 0 Å². The van der Waals surface area contributed by atoms with Crippen LogP contribution in [0.5, 0.6) is 0 Å². The summed E-state index contributed by atoms with van der Waals surface area (Å²) in [6, 6.07) is 5.67. The fourth-order valence-corrected chi connectivity index (χ4v) is 1.96. The van der Waals surface area contributed by atoms with E-state index in [0.29, 0.717) is 24.9 Å². The summed E-state index contributed by atoms with van der Waals surface area (Å²) in [4.78, 5) is 4.04.